The van der Waals surface area contributed by atoms with Crippen molar-refractivity contribution in [2.75, 3.05) is 6.61 Å². The summed E-state index contributed by atoms with van der Waals surface area (Å²) < 4.78 is 5.61. The molecule has 0 aromatic carbocycles. The van der Waals surface area contributed by atoms with Gasteiger partial charge in [0.05, 0.1) is 5.41 Å². The minimum Gasteiger partial charge on any atom is -0.465 e. The SMILES string of the molecule is CC[C@](C)(C(=O)CCO)c1cc(=O)c(C)c(C)o1. The van der Waals surface area contributed by atoms with Crippen LogP contribution in [0.25, 0.3) is 0 Å². The van der Waals surface area contributed by atoms with Gasteiger partial charge in [0.2, 0.25) is 0 Å². The van der Waals surface area contributed by atoms with E-state index in [1.165, 1.54) is 6.07 Å². The predicted octanol–water partition coefficient (Wildman–Crippen LogP) is 1.88. The molecule has 1 N–H and O–H groups in total. The molecular formula is C14H20O4. The van der Waals surface area contributed by atoms with Gasteiger partial charge in [-0.1, -0.05) is 6.92 Å². The maximum absolute atomic E-state index is 12.1. The van der Waals surface area contributed by atoms with Crippen LogP contribution in [-0.2, 0) is 10.2 Å². The number of hydrogen-bond donors (Lipinski definition) is 1. The molecule has 18 heavy (non-hydrogen) atoms. The van der Waals surface area contributed by atoms with Crippen LogP contribution in [0.5, 0.6) is 0 Å². The number of Topliss-reactive ketones (excluding diaryl/α,β-unsaturated/α-hetero) is 1. The number of ketones is 1. The third kappa shape index (κ3) is 2.53. The molecule has 1 rings (SSSR count). The van der Waals surface area contributed by atoms with Gasteiger partial charge in [0.25, 0.3) is 0 Å². The van der Waals surface area contributed by atoms with Gasteiger partial charge in [-0.3, -0.25) is 9.59 Å². The highest BCUT2D eigenvalue weighted by molar-refractivity contribution is 5.89. The second-order valence-corrected chi connectivity index (χ2v) is 4.74. The number of aliphatic hydroxyl groups excluding tert-OH is 1. The standard InChI is InChI=1S/C14H20O4/c1-5-14(4,12(17)6-7-15)13-8-11(16)9(2)10(3)18-13/h8,15H,5-7H2,1-4H3/t14-/m1/s1. The van der Waals surface area contributed by atoms with E-state index in [0.717, 1.165) is 0 Å². The second kappa shape index (κ2) is 5.48. The highest BCUT2D eigenvalue weighted by atomic mass is 16.3. The summed E-state index contributed by atoms with van der Waals surface area (Å²) in [6, 6.07) is 1.39. The van der Waals surface area contributed by atoms with Gasteiger partial charge in [-0.05, 0) is 27.2 Å². The van der Waals surface area contributed by atoms with Crippen molar-refractivity contribution in [2.24, 2.45) is 0 Å². The van der Waals surface area contributed by atoms with E-state index in [0.29, 0.717) is 23.5 Å². The summed E-state index contributed by atoms with van der Waals surface area (Å²) in [6.07, 6.45) is 0.595. The third-order valence-electron chi connectivity index (χ3n) is 3.63. The number of carbonyl (C=O) groups excluding carboxylic acids is 1. The molecule has 0 bridgehead atoms. The lowest BCUT2D eigenvalue weighted by atomic mass is 9.79. The molecular weight excluding hydrogens is 232 g/mol. The van der Waals surface area contributed by atoms with Gasteiger partial charge < -0.3 is 9.52 Å². The first-order chi connectivity index (χ1) is 8.36. The summed E-state index contributed by atoms with van der Waals surface area (Å²) in [7, 11) is 0. The van der Waals surface area contributed by atoms with Crippen molar-refractivity contribution in [1.82, 2.24) is 0 Å². The van der Waals surface area contributed by atoms with Gasteiger partial charge in [-0.2, -0.15) is 0 Å². The van der Waals surface area contributed by atoms with Gasteiger partial charge in [0.15, 0.2) is 5.43 Å². The fraction of sp³-hybridized carbons (Fsp3) is 0.571. The van der Waals surface area contributed by atoms with Crippen molar-refractivity contribution in [2.45, 2.75) is 46.0 Å². The molecule has 1 aromatic rings. The van der Waals surface area contributed by atoms with Crippen LogP contribution in [-0.4, -0.2) is 17.5 Å². The zero-order valence-electron chi connectivity index (χ0n) is 11.4. The molecule has 1 heterocycles. The van der Waals surface area contributed by atoms with Crippen molar-refractivity contribution in [3.05, 3.63) is 33.4 Å². The van der Waals surface area contributed by atoms with E-state index in [9.17, 15) is 9.59 Å². The van der Waals surface area contributed by atoms with E-state index < -0.39 is 5.41 Å². The van der Waals surface area contributed by atoms with E-state index in [1.54, 1.807) is 20.8 Å². The summed E-state index contributed by atoms with van der Waals surface area (Å²) in [4.78, 5) is 23.9. The highest BCUT2D eigenvalue weighted by Gasteiger charge is 2.35. The third-order valence-corrected chi connectivity index (χ3v) is 3.63. The highest BCUT2D eigenvalue weighted by Crippen LogP contribution is 2.30. The minimum absolute atomic E-state index is 0.0704. The predicted molar refractivity (Wildman–Crippen MR) is 68.8 cm³/mol. The minimum atomic E-state index is -0.847. The molecule has 0 unspecified atom stereocenters. The van der Waals surface area contributed by atoms with Crippen molar-refractivity contribution in [3.8, 4) is 0 Å². The van der Waals surface area contributed by atoms with Crippen LogP contribution in [0.2, 0.25) is 0 Å². The Hall–Kier alpha value is -1.42. The Labute approximate surface area is 107 Å². The van der Waals surface area contributed by atoms with Crippen LogP contribution in [0.3, 0.4) is 0 Å². The molecule has 0 aliphatic carbocycles. The monoisotopic (exact) mass is 252 g/mol. The molecule has 100 valence electrons. The number of aryl methyl sites for hydroxylation is 1. The second-order valence-electron chi connectivity index (χ2n) is 4.74. The first-order valence-corrected chi connectivity index (χ1v) is 6.12. The molecule has 4 nitrogen and oxygen atoms in total. The number of carbonyl (C=O) groups is 1. The van der Waals surface area contributed by atoms with Gasteiger partial charge in [-0.15, -0.1) is 0 Å². The molecule has 1 aromatic heterocycles. The molecule has 0 spiro atoms. The molecule has 0 aliphatic rings. The normalized spacial score (nSPS) is 14.3. The molecule has 0 amide bonds. The zero-order chi connectivity index (χ0) is 13.9. The van der Waals surface area contributed by atoms with Gasteiger partial charge >= 0.3 is 0 Å². The van der Waals surface area contributed by atoms with Crippen LogP contribution in [0.15, 0.2) is 15.3 Å². The largest absolute Gasteiger partial charge is 0.465 e. The fourth-order valence-corrected chi connectivity index (χ4v) is 1.83. The Bertz CT molecular complexity index is 501. The molecule has 0 radical (unpaired) electrons. The smallest absolute Gasteiger partial charge is 0.188 e. The summed E-state index contributed by atoms with van der Waals surface area (Å²) in [5.74, 6) is 0.810. The molecule has 0 fully saturated rings. The van der Waals surface area contributed by atoms with E-state index in [2.05, 4.69) is 0 Å². The van der Waals surface area contributed by atoms with Crippen molar-refractivity contribution < 1.29 is 14.3 Å². The summed E-state index contributed by atoms with van der Waals surface area (Å²) in [5, 5.41) is 8.88. The van der Waals surface area contributed by atoms with Crippen molar-refractivity contribution >= 4 is 5.78 Å². The summed E-state index contributed by atoms with van der Waals surface area (Å²) in [6.45, 7) is 6.84. The fourth-order valence-electron chi connectivity index (χ4n) is 1.83. The lowest BCUT2D eigenvalue weighted by molar-refractivity contribution is -0.125. The van der Waals surface area contributed by atoms with Crippen LogP contribution < -0.4 is 5.43 Å². The quantitative estimate of drug-likeness (QED) is 0.868. The van der Waals surface area contributed by atoms with Crippen molar-refractivity contribution in [3.63, 3.8) is 0 Å². The van der Waals surface area contributed by atoms with Crippen molar-refractivity contribution in [1.29, 1.82) is 0 Å². The average Bonchev–Trinajstić information content (AvgIpc) is 2.34. The van der Waals surface area contributed by atoms with Crippen LogP contribution >= 0.6 is 0 Å². The van der Waals surface area contributed by atoms with Crippen LogP contribution in [0.4, 0.5) is 0 Å². The lowest BCUT2D eigenvalue weighted by Gasteiger charge is -2.25. The van der Waals surface area contributed by atoms with Gasteiger partial charge in [0, 0.05) is 24.7 Å². The van der Waals surface area contributed by atoms with Gasteiger partial charge in [0.1, 0.15) is 17.3 Å². The number of aliphatic hydroxyl groups is 1. The first kappa shape index (κ1) is 14.6. The Morgan fingerprint density at radius 1 is 1.44 bits per heavy atom. The van der Waals surface area contributed by atoms with E-state index in [-0.39, 0.29) is 24.2 Å². The van der Waals surface area contributed by atoms with E-state index >= 15 is 0 Å². The molecule has 4 heteroatoms. The summed E-state index contributed by atoms with van der Waals surface area (Å²) in [5.41, 5.74) is -0.405. The maximum atomic E-state index is 12.1. The Balaban J connectivity index is 3.33. The first-order valence-electron chi connectivity index (χ1n) is 6.12. The lowest BCUT2D eigenvalue weighted by Crippen LogP contribution is -2.33. The topological polar surface area (TPSA) is 67.5 Å². The summed E-state index contributed by atoms with van der Waals surface area (Å²) >= 11 is 0. The Kier molecular flexibility index (Phi) is 4.46. The Morgan fingerprint density at radius 3 is 2.50 bits per heavy atom. The van der Waals surface area contributed by atoms with Crippen LogP contribution in [0.1, 0.15) is 43.8 Å². The zero-order valence-corrected chi connectivity index (χ0v) is 11.4. The average molecular weight is 252 g/mol. The molecule has 0 saturated heterocycles. The maximum Gasteiger partial charge on any atom is 0.188 e. The van der Waals surface area contributed by atoms with E-state index in [4.69, 9.17) is 9.52 Å². The Morgan fingerprint density at radius 2 is 2.06 bits per heavy atom. The molecule has 0 saturated carbocycles. The number of rotatable bonds is 5. The van der Waals surface area contributed by atoms with Gasteiger partial charge in [-0.25, -0.2) is 0 Å². The molecule has 0 aliphatic heterocycles. The van der Waals surface area contributed by atoms with Crippen LogP contribution in [0, 0.1) is 13.8 Å². The molecule has 1 atom stereocenters. The van der Waals surface area contributed by atoms with E-state index in [1.807, 2.05) is 6.92 Å². The number of hydrogen-bond acceptors (Lipinski definition) is 4.